The summed E-state index contributed by atoms with van der Waals surface area (Å²) in [7, 11) is 0. The monoisotopic (exact) mass is 242 g/mol. The lowest BCUT2D eigenvalue weighted by molar-refractivity contribution is -0.388. The number of aromatic nitrogens is 1. The van der Waals surface area contributed by atoms with Crippen molar-refractivity contribution in [2.45, 2.75) is 18.9 Å². The maximum atomic E-state index is 10.9. The lowest BCUT2D eigenvalue weighted by Gasteiger charge is -2.07. The van der Waals surface area contributed by atoms with Gasteiger partial charge in [-0.05, 0) is 18.9 Å². The molecule has 1 atom stereocenters. The lowest BCUT2D eigenvalue weighted by Crippen LogP contribution is -2.04. The first-order valence-corrected chi connectivity index (χ1v) is 5.88. The van der Waals surface area contributed by atoms with Gasteiger partial charge in [-0.1, -0.05) is 18.7 Å². The Morgan fingerprint density at radius 1 is 1.69 bits per heavy atom. The van der Waals surface area contributed by atoms with Crippen LogP contribution < -0.4 is 0 Å². The quantitative estimate of drug-likeness (QED) is 0.485. The predicted octanol–water partition coefficient (Wildman–Crippen LogP) is 2.02. The van der Waals surface area contributed by atoms with E-state index in [-0.39, 0.29) is 18.2 Å². The van der Waals surface area contributed by atoms with Gasteiger partial charge in [-0.25, -0.2) is 4.98 Å². The van der Waals surface area contributed by atoms with E-state index < -0.39 is 4.92 Å². The van der Waals surface area contributed by atoms with Gasteiger partial charge in [0.25, 0.3) is 0 Å². The van der Waals surface area contributed by atoms with Crippen LogP contribution in [-0.4, -0.2) is 27.4 Å². The van der Waals surface area contributed by atoms with Crippen LogP contribution in [0.25, 0.3) is 0 Å². The summed E-state index contributed by atoms with van der Waals surface area (Å²) in [6.07, 6.45) is 1.56. The third-order valence-corrected chi connectivity index (χ3v) is 3.40. The number of aliphatic hydroxyl groups excluding tert-OH is 1. The Hall–Kier alpha value is -1.14. The van der Waals surface area contributed by atoms with Gasteiger partial charge in [-0.15, -0.1) is 0 Å². The zero-order chi connectivity index (χ0) is 12.1. The zero-order valence-corrected chi connectivity index (χ0v) is 10.0. The lowest BCUT2D eigenvalue weighted by atomic mass is 10.2. The summed E-state index contributed by atoms with van der Waals surface area (Å²) in [6.45, 7) is 3.65. The fourth-order valence-electron chi connectivity index (χ4n) is 1.13. The second-order valence-corrected chi connectivity index (χ2v) is 4.65. The molecule has 16 heavy (non-hydrogen) atoms. The number of nitrogens with zero attached hydrogens (tertiary/aromatic N) is 2. The molecular weight excluding hydrogens is 228 g/mol. The normalized spacial score (nSPS) is 12.4. The number of hydrogen-bond acceptors (Lipinski definition) is 5. The third-order valence-electron chi connectivity index (χ3n) is 2.09. The van der Waals surface area contributed by atoms with Crippen LogP contribution in [0.4, 0.5) is 5.69 Å². The SMILES string of the molecule is Cc1ccnc(SCC(C)CO)c1[N+](=O)[O-]. The van der Waals surface area contributed by atoms with Crippen LogP contribution in [0.5, 0.6) is 0 Å². The van der Waals surface area contributed by atoms with Crippen LogP contribution in [-0.2, 0) is 0 Å². The number of nitro groups is 1. The zero-order valence-electron chi connectivity index (χ0n) is 9.21. The average Bonchev–Trinajstić information content (AvgIpc) is 2.25. The summed E-state index contributed by atoms with van der Waals surface area (Å²) >= 11 is 1.31. The Morgan fingerprint density at radius 2 is 2.38 bits per heavy atom. The maximum Gasteiger partial charge on any atom is 0.304 e. The van der Waals surface area contributed by atoms with Crippen molar-refractivity contribution in [2.75, 3.05) is 12.4 Å². The summed E-state index contributed by atoms with van der Waals surface area (Å²) in [5.41, 5.74) is 0.678. The molecule has 0 aliphatic heterocycles. The Balaban J connectivity index is 2.87. The molecule has 0 saturated carbocycles. The van der Waals surface area contributed by atoms with Gasteiger partial charge >= 0.3 is 5.69 Å². The van der Waals surface area contributed by atoms with Crippen LogP contribution in [0, 0.1) is 23.0 Å². The van der Waals surface area contributed by atoms with Crippen molar-refractivity contribution in [1.29, 1.82) is 0 Å². The van der Waals surface area contributed by atoms with E-state index in [1.807, 2.05) is 6.92 Å². The molecule has 6 heteroatoms. The number of aryl methyl sites for hydroxylation is 1. The average molecular weight is 242 g/mol. The van der Waals surface area contributed by atoms with Crippen molar-refractivity contribution in [3.05, 3.63) is 27.9 Å². The molecule has 1 N–H and O–H groups in total. The number of hydrogen-bond donors (Lipinski definition) is 1. The standard InChI is InChI=1S/C10H14N2O3S/c1-7(5-13)6-16-10-9(12(14)15)8(2)3-4-11-10/h3-4,7,13H,5-6H2,1-2H3. The Bertz CT molecular complexity index is 384. The van der Waals surface area contributed by atoms with Crippen LogP contribution in [0.2, 0.25) is 0 Å². The molecular formula is C10H14N2O3S. The van der Waals surface area contributed by atoms with Crippen molar-refractivity contribution in [3.63, 3.8) is 0 Å². The first-order chi connectivity index (χ1) is 7.56. The first kappa shape index (κ1) is 12.9. The van der Waals surface area contributed by atoms with Crippen LogP contribution in [0.15, 0.2) is 17.3 Å². The summed E-state index contributed by atoms with van der Waals surface area (Å²) in [5, 5.41) is 20.2. The van der Waals surface area contributed by atoms with Gasteiger partial charge in [0.2, 0.25) is 0 Å². The molecule has 1 heterocycles. The van der Waals surface area contributed by atoms with Gasteiger partial charge < -0.3 is 5.11 Å². The summed E-state index contributed by atoms with van der Waals surface area (Å²) in [6, 6.07) is 1.62. The van der Waals surface area contributed by atoms with Gasteiger partial charge in [0, 0.05) is 24.1 Å². The van der Waals surface area contributed by atoms with Gasteiger partial charge in [0.05, 0.1) is 4.92 Å². The number of thioether (sulfide) groups is 1. The maximum absolute atomic E-state index is 10.9. The van der Waals surface area contributed by atoms with E-state index in [9.17, 15) is 10.1 Å². The highest BCUT2D eigenvalue weighted by molar-refractivity contribution is 7.99. The molecule has 1 rings (SSSR count). The Labute approximate surface area is 98.0 Å². The number of pyridine rings is 1. The van der Waals surface area contributed by atoms with E-state index in [2.05, 4.69) is 4.98 Å². The fraction of sp³-hybridized carbons (Fsp3) is 0.500. The van der Waals surface area contributed by atoms with Crippen molar-refractivity contribution >= 4 is 17.4 Å². The summed E-state index contributed by atoms with van der Waals surface area (Å²) in [4.78, 5) is 14.5. The highest BCUT2D eigenvalue weighted by atomic mass is 32.2. The van der Waals surface area contributed by atoms with E-state index in [1.54, 1.807) is 19.2 Å². The van der Waals surface area contributed by atoms with Gasteiger partial charge in [0.1, 0.15) is 0 Å². The molecule has 0 aliphatic carbocycles. The molecule has 1 aromatic rings. The molecule has 0 amide bonds. The largest absolute Gasteiger partial charge is 0.396 e. The van der Waals surface area contributed by atoms with E-state index in [4.69, 9.17) is 5.11 Å². The van der Waals surface area contributed by atoms with Crippen LogP contribution >= 0.6 is 11.8 Å². The molecule has 0 saturated heterocycles. The van der Waals surface area contributed by atoms with Crippen molar-refractivity contribution in [3.8, 4) is 0 Å². The van der Waals surface area contributed by atoms with Gasteiger partial charge in [0.15, 0.2) is 5.03 Å². The molecule has 88 valence electrons. The summed E-state index contributed by atoms with van der Waals surface area (Å²) < 4.78 is 0. The first-order valence-electron chi connectivity index (χ1n) is 4.90. The van der Waals surface area contributed by atoms with E-state index in [0.29, 0.717) is 16.3 Å². The smallest absolute Gasteiger partial charge is 0.304 e. The second kappa shape index (κ2) is 5.81. The minimum absolute atomic E-state index is 0.0673. The van der Waals surface area contributed by atoms with Crippen LogP contribution in [0.3, 0.4) is 0 Å². The highest BCUT2D eigenvalue weighted by Crippen LogP contribution is 2.30. The van der Waals surface area contributed by atoms with Crippen LogP contribution in [0.1, 0.15) is 12.5 Å². The van der Waals surface area contributed by atoms with Gasteiger partial charge in [-0.3, -0.25) is 10.1 Å². The molecule has 1 unspecified atom stereocenters. The van der Waals surface area contributed by atoms with Crippen molar-refractivity contribution in [2.24, 2.45) is 5.92 Å². The molecule has 0 bridgehead atoms. The molecule has 0 aromatic carbocycles. The molecule has 0 spiro atoms. The van der Waals surface area contributed by atoms with E-state index in [1.165, 1.54) is 11.8 Å². The predicted molar refractivity (Wildman–Crippen MR) is 62.6 cm³/mol. The highest BCUT2D eigenvalue weighted by Gasteiger charge is 2.19. The molecule has 5 nitrogen and oxygen atoms in total. The second-order valence-electron chi connectivity index (χ2n) is 3.64. The summed E-state index contributed by atoms with van der Waals surface area (Å²) in [5.74, 6) is 0.722. The number of aliphatic hydroxyl groups is 1. The van der Waals surface area contributed by atoms with E-state index >= 15 is 0 Å². The number of rotatable bonds is 5. The molecule has 0 aliphatic rings. The molecule has 0 fully saturated rings. The minimum atomic E-state index is -0.408. The van der Waals surface area contributed by atoms with E-state index in [0.717, 1.165) is 0 Å². The fourth-order valence-corrected chi connectivity index (χ4v) is 2.18. The van der Waals surface area contributed by atoms with Crippen molar-refractivity contribution < 1.29 is 10.0 Å². The molecule has 0 radical (unpaired) electrons. The Morgan fingerprint density at radius 3 is 2.94 bits per heavy atom. The third kappa shape index (κ3) is 3.18. The molecule has 1 aromatic heterocycles. The topological polar surface area (TPSA) is 76.3 Å². The van der Waals surface area contributed by atoms with Crippen molar-refractivity contribution in [1.82, 2.24) is 4.98 Å². The van der Waals surface area contributed by atoms with Gasteiger partial charge in [-0.2, -0.15) is 0 Å². The minimum Gasteiger partial charge on any atom is -0.396 e. The Kier molecular flexibility index (Phi) is 4.70.